The molecule has 0 atom stereocenters. The molecule has 6 N–H and O–H groups in total. The fourth-order valence-electron chi connectivity index (χ4n) is 3.42. The van der Waals surface area contributed by atoms with Gasteiger partial charge < -0.3 is 31.4 Å². The molecule has 29 heavy (non-hydrogen) atoms. The third-order valence-electron chi connectivity index (χ3n) is 5.08. The molecule has 4 rings (SSSR count). The van der Waals surface area contributed by atoms with Crippen molar-refractivity contribution in [2.24, 2.45) is 0 Å². The minimum absolute atomic E-state index is 0.197. The van der Waals surface area contributed by atoms with E-state index in [1.165, 1.54) is 0 Å². The minimum atomic E-state index is -0.314. The minimum Gasteiger partial charge on any atom is -0.398 e. The van der Waals surface area contributed by atoms with E-state index in [-0.39, 0.29) is 11.4 Å². The Morgan fingerprint density at radius 3 is 2.69 bits per heavy atom. The summed E-state index contributed by atoms with van der Waals surface area (Å²) in [5, 5.41) is 3.08. The molecule has 0 spiro atoms. The number of hydrogen-bond acceptors (Lipinski definition) is 7. The largest absolute Gasteiger partial charge is 0.398 e. The second-order valence-corrected chi connectivity index (χ2v) is 6.98. The average molecular weight is 392 g/mol. The van der Waals surface area contributed by atoms with Gasteiger partial charge in [0.2, 0.25) is 0 Å². The van der Waals surface area contributed by atoms with E-state index >= 15 is 0 Å². The molecular formula is C21H24N6O2. The Morgan fingerprint density at radius 1 is 1.14 bits per heavy atom. The second-order valence-electron chi connectivity index (χ2n) is 6.98. The quantitative estimate of drug-likeness (QED) is 0.503. The van der Waals surface area contributed by atoms with Crippen molar-refractivity contribution in [3.8, 4) is 11.3 Å². The van der Waals surface area contributed by atoms with Crippen LogP contribution in [0.3, 0.4) is 0 Å². The van der Waals surface area contributed by atoms with Crippen LogP contribution in [0.15, 0.2) is 47.4 Å². The van der Waals surface area contributed by atoms with E-state index in [1.54, 1.807) is 6.20 Å². The summed E-state index contributed by atoms with van der Waals surface area (Å²) in [7, 11) is 0. The molecule has 0 amide bonds. The first-order valence-corrected chi connectivity index (χ1v) is 9.47. The van der Waals surface area contributed by atoms with Gasteiger partial charge in [-0.05, 0) is 36.8 Å². The van der Waals surface area contributed by atoms with Gasteiger partial charge >= 0.3 is 0 Å². The van der Waals surface area contributed by atoms with E-state index in [0.717, 1.165) is 29.9 Å². The van der Waals surface area contributed by atoms with Crippen LogP contribution in [-0.2, 0) is 4.74 Å². The SMILES string of the molecule is Cc1c(N)cccc1-c1c[nH]c(=O)c(Nc2ccc(N3CCOCC3)c(N)c2)n1. The number of rotatable bonds is 4. The molecule has 1 saturated heterocycles. The maximum absolute atomic E-state index is 12.3. The Labute approximate surface area is 168 Å². The molecule has 1 aliphatic heterocycles. The number of nitrogens with two attached hydrogens (primary N) is 2. The molecule has 150 valence electrons. The van der Waals surface area contributed by atoms with E-state index in [4.69, 9.17) is 16.2 Å². The standard InChI is InChI=1S/C21H24N6O2/c1-13-15(3-2-4-16(13)22)18-12-24-21(28)20(26-18)25-14-5-6-19(17(23)11-14)27-7-9-29-10-8-27/h2-6,11-12H,7-10,22-23H2,1H3,(H,24,28)(H,25,26). The first-order chi connectivity index (χ1) is 14.0. The molecule has 2 aromatic carbocycles. The number of aromatic nitrogens is 2. The van der Waals surface area contributed by atoms with Crippen LogP contribution in [-0.4, -0.2) is 36.3 Å². The fraction of sp³-hybridized carbons (Fsp3) is 0.238. The first kappa shape index (κ1) is 18.8. The molecular weight excluding hydrogens is 368 g/mol. The molecule has 1 aliphatic rings. The summed E-state index contributed by atoms with van der Waals surface area (Å²) in [4.78, 5) is 21.7. The van der Waals surface area contributed by atoms with Gasteiger partial charge in [0.15, 0.2) is 5.82 Å². The van der Waals surface area contributed by atoms with Gasteiger partial charge in [0.25, 0.3) is 5.56 Å². The van der Waals surface area contributed by atoms with Crippen LogP contribution in [0.25, 0.3) is 11.3 Å². The summed E-state index contributed by atoms with van der Waals surface area (Å²) in [5.74, 6) is 0.197. The number of ether oxygens (including phenoxy) is 1. The number of benzene rings is 2. The van der Waals surface area contributed by atoms with Gasteiger partial charge in [-0.25, -0.2) is 4.98 Å². The van der Waals surface area contributed by atoms with Crippen LogP contribution in [0.1, 0.15) is 5.56 Å². The van der Waals surface area contributed by atoms with Gasteiger partial charge in [-0.1, -0.05) is 12.1 Å². The van der Waals surface area contributed by atoms with Crippen LogP contribution in [0.2, 0.25) is 0 Å². The highest BCUT2D eigenvalue weighted by Gasteiger charge is 2.15. The Hall–Kier alpha value is -3.52. The van der Waals surface area contributed by atoms with Crippen LogP contribution in [0.5, 0.6) is 0 Å². The van der Waals surface area contributed by atoms with Gasteiger partial charge in [0, 0.05) is 36.2 Å². The maximum Gasteiger partial charge on any atom is 0.291 e. The first-order valence-electron chi connectivity index (χ1n) is 9.47. The Morgan fingerprint density at radius 2 is 1.93 bits per heavy atom. The number of morpholine rings is 1. The van der Waals surface area contributed by atoms with E-state index in [2.05, 4.69) is 20.2 Å². The molecule has 0 bridgehead atoms. The molecule has 0 radical (unpaired) electrons. The number of anilines is 5. The predicted molar refractivity (Wildman–Crippen MR) is 117 cm³/mol. The Bertz CT molecular complexity index is 1090. The summed E-state index contributed by atoms with van der Waals surface area (Å²) in [6.45, 7) is 4.92. The molecule has 0 saturated carbocycles. The average Bonchev–Trinajstić information content (AvgIpc) is 2.73. The summed E-state index contributed by atoms with van der Waals surface area (Å²) in [6.07, 6.45) is 1.59. The number of H-pyrrole nitrogens is 1. The summed E-state index contributed by atoms with van der Waals surface area (Å²) in [6, 6.07) is 11.3. The highest BCUT2D eigenvalue weighted by atomic mass is 16.5. The number of nitrogens with zero attached hydrogens (tertiary/aromatic N) is 2. The molecule has 2 heterocycles. The number of nitrogens with one attached hydrogen (secondary N) is 2. The number of aromatic amines is 1. The lowest BCUT2D eigenvalue weighted by molar-refractivity contribution is 0.123. The third-order valence-corrected chi connectivity index (χ3v) is 5.08. The van der Waals surface area contributed by atoms with Gasteiger partial charge in [0.1, 0.15) is 0 Å². The van der Waals surface area contributed by atoms with Crippen molar-refractivity contribution in [2.75, 3.05) is 48.0 Å². The second kappa shape index (κ2) is 7.84. The van der Waals surface area contributed by atoms with Crippen LogP contribution in [0, 0.1) is 6.92 Å². The molecule has 0 unspecified atom stereocenters. The van der Waals surface area contributed by atoms with Crippen molar-refractivity contribution >= 4 is 28.6 Å². The maximum atomic E-state index is 12.3. The van der Waals surface area contributed by atoms with Crippen molar-refractivity contribution in [2.45, 2.75) is 6.92 Å². The Kier molecular flexibility index (Phi) is 5.09. The van der Waals surface area contributed by atoms with Gasteiger partial charge in [0.05, 0.1) is 30.3 Å². The van der Waals surface area contributed by atoms with Crippen LogP contribution < -0.4 is 27.2 Å². The zero-order valence-electron chi connectivity index (χ0n) is 16.2. The van der Waals surface area contributed by atoms with E-state index in [9.17, 15) is 4.79 Å². The zero-order chi connectivity index (χ0) is 20.4. The van der Waals surface area contributed by atoms with Crippen LogP contribution in [0.4, 0.5) is 28.6 Å². The molecule has 8 heteroatoms. The van der Waals surface area contributed by atoms with E-state index in [0.29, 0.717) is 36.0 Å². The lowest BCUT2D eigenvalue weighted by Crippen LogP contribution is -2.36. The fourth-order valence-corrected chi connectivity index (χ4v) is 3.42. The van der Waals surface area contributed by atoms with Gasteiger partial charge in [-0.15, -0.1) is 0 Å². The molecule has 0 aliphatic carbocycles. The van der Waals surface area contributed by atoms with Crippen molar-refractivity contribution < 1.29 is 4.74 Å². The van der Waals surface area contributed by atoms with Gasteiger partial charge in [-0.3, -0.25) is 4.79 Å². The van der Waals surface area contributed by atoms with Crippen molar-refractivity contribution in [1.29, 1.82) is 0 Å². The smallest absolute Gasteiger partial charge is 0.291 e. The van der Waals surface area contributed by atoms with Gasteiger partial charge in [-0.2, -0.15) is 0 Å². The lowest BCUT2D eigenvalue weighted by Gasteiger charge is -2.30. The monoisotopic (exact) mass is 392 g/mol. The molecule has 1 fully saturated rings. The summed E-state index contributed by atoms with van der Waals surface area (Å²) < 4.78 is 5.39. The van der Waals surface area contributed by atoms with E-state index < -0.39 is 0 Å². The van der Waals surface area contributed by atoms with Crippen molar-refractivity contribution in [1.82, 2.24) is 9.97 Å². The molecule has 1 aromatic heterocycles. The number of hydrogen-bond donors (Lipinski definition) is 4. The lowest BCUT2D eigenvalue weighted by atomic mass is 10.0. The highest BCUT2D eigenvalue weighted by molar-refractivity contribution is 5.75. The summed E-state index contributed by atoms with van der Waals surface area (Å²) >= 11 is 0. The van der Waals surface area contributed by atoms with Crippen molar-refractivity contribution in [3.63, 3.8) is 0 Å². The van der Waals surface area contributed by atoms with Crippen LogP contribution >= 0.6 is 0 Å². The molecule has 3 aromatic rings. The number of nitrogen functional groups attached to an aromatic ring is 2. The normalized spacial score (nSPS) is 14.0. The van der Waals surface area contributed by atoms with E-state index in [1.807, 2.05) is 43.3 Å². The van der Waals surface area contributed by atoms with Crippen molar-refractivity contribution in [3.05, 3.63) is 58.5 Å². The molecule has 8 nitrogen and oxygen atoms in total. The zero-order valence-corrected chi connectivity index (χ0v) is 16.2. The highest BCUT2D eigenvalue weighted by Crippen LogP contribution is 2.29. The third kappa shape index (κ3) is 3.88. The Balaban J connectivity index is 1.62. The summed E-state index contributed by atoms with van der Waals surface area (Å²) in [5.41, 5.74) is 17.3. The predicted octanol–water partition coefficient (Wildman–Crippen LogP) is 2.49. The topological polar surface area (TPSA) is 122 Å².